The Morgan fingerprint density at radius 2 is 2.35 bits per heavy atom. The predicted molar refractivity (Wildman–Crippen MR) is 75.7 cm³/mol. The topological polar surface area (TPSA) is 47.1 Å². The Hall–Kier alpha value is -0.840. The summed E-state index contributed by atoms with van der Waals surface area (Å²) in [7, 11) is 4.13. The molecule has 1 saturated heterocycles. The molecule has 2 heterocycles. The summed E-state index contributed by atoms with van der Waals surface area (Å²) in [6, 6.07) is 0.604. The molecule has 4 nitrogen and oxygen atoms in total. The monoisotopic (exact) mass is 254 g/mol. The van der Waals surface area contributed by atoms with Crippen LogP contribution in [0.15, 0.2) is 0 Å². The van der Waals surface area contributed by atoms with E-state index in [0.717, 1.165) is 30.0 Å². The summed E-state index contributed by atoms with van der Waals surface area (Å²) in [5.41, 5.74) is 8.14. The fourth-order valence-corrected chi connectivity index (χ4v) is 3.69. The van der Waals surface area contributed by atoms with Crippen LogP contribution in [0, 0.1) is 0 Å². The smallest absolute Gasteiger partial charge is 0.150 e. The number of aromatic nitrogens is 2. The lowest BCUT2D eigenvalue weighted by atomic mass is 10.2. The van der Waals surface area contributed by atoms with E-state index in [4.69, 9.17) is 5.73 Å². The number of aryl methyl sites for hydroxylation is 2. The molecule has 1 aromatic heterocycles. The fraction of sp³-hybridized carbons (Fsp3) is 0.750. The fourth-order valence-electron chi connectivity index (χ4n) is 2.43. The van der Waals surface area contributed by atoms with Crippen molar-refractivity contribution < 1.29 is 0 Å². The number of hydrogen-bond acceptors (Lipinski definition) is 4. The summed E-state index contributed by atoms with van der Waals surface area (Å²) in [5.74, 6) is 3.54. The molecule has 0 radical (unpaired) electrons. The number of thioether (sulfide) groups is 1. The second-order valence-electron chi connectivity index (χ2n) is 4.69. The summed E-state index contributed by atoms with van der Waals surface area (Å²) in [5, 5.41) is 4.54. The molecule has 0 amide bonds. The van der Waals surface area contributed by atoms with Crippen LogP contribution >= 0.6 is 11.8 Å². The number of nitrogens with zero attached hydrogens (tertiary/aromatic N) is 3. The number of nitrogen functional groups attached to an aromatic ring is 1. The van der Waals surface area contributed by atoms with Crippen LogP contribution < -0.4 is 10.6 Å². The second kappa shape index (κ2) is 5.21. The number of anilines is 2. The third kappa shape index (κ3) is 2.39. The van der Waals surface area contributed by atoms with Gasteiger partial charge in [0.25, 0.3) is 0 Å². The van der Waals surface area contributed by atoms with Gasteiger partial charge in [-0.2, -0.15) is 16.9 Å². The number of rotatable bonds is 4. The average molecular weight is 254 g/mol. The van der Waals surface area contributed by atoms with Crippen LogP contribution in [0.5, 0.6) is 0 Å². The molecule has 0 aliphatic carbocycles. The third-order valence-corrected chi connectivity index (χ3v) is 4.55. The van der Waals surface area contributed by atoms with Gasteiger partial charge in [0.2, 0.25) is 0 Å². The molecule has 1 fully saturated rings. The maximum Gasteiger partial charge on any atom is 0.150 e. The van der Waals surface area contributed by atoms with Gasteiger partial charge in [0, 0.05) is 25.9 Å². The SMILES string of the molecule is CCCc1nn(C)c(N(C)C2CCSC2)c1N. The van der Waals surface area contributed by atoms with Crippen LogP contribution in [0.4, 0.5) is 11.5 Å². The molecular formula is C12H22N4S. The quantitative estimate of drug-likeness (QED) is 0.891. The highest BCUT2D eigenvalue weighted by Gasteiger charge is 2.25. The summed E-state index contributed by atoms with van der Waals surface area (Å²) in [6.07, 6.45) is 3.30. The molecule has 2 N–H and O–H groups in total. The number of nitrogens with two attached hydrogens (primary N) is 1. The maximum atomic E-state index is 6.23. The minimum absolute atomic E-state index is 0.604. The van der Waals surface area contributed by atoms with E-state index >= 15 is 0 Å². The lowest BCUT2D eigenvalue weighted by Crippen LogP contribution is -2.33. The molecule has 0 bridgehead atoms. The summed E-state index contributed by atoms with van der Waals surface area (Å²) < 4.78 is 1.93. The summed E-state index contributed by atoms with van der Waals surface area (Å²) in [4.78, 5) is 2.31. The molecule has 0 saturated carbocycles. The molecule has 1 unspecified atom stereocenters. The molecule has 0 aromatic carbocycles. The van der Waals surface area contributed by atoms with Crippen molar-refractivity contribution in [2.45, 2.75) is 32.2 Å². The highest BCUT2D eigenvalue weighted by Crippen LogP contribution is 2.31. The van der Waals surface area contributed by atoms with Crippen LogP contribution in [-0.2, 0) is 13.5 Å². The lowest BCUT2D eigenvalue weighted by molar-refractivity contribution is 0.651. The van der Waals surface area contributed by atoms with Gasteiger partial charge in [-0.15, -0.1) is 0 Å². The molecule has 17 heavy (non-hydrogen) atoms. The predicted octanol–water partition coefficient (Wildman–Crippen LogP) is 1.90. The van der Waals surface area contributed by atoms with E-state index in [-0.39, 0.29) is 0 Å². The Morgan fingerprint density at radius 1 is 1.59 bits per heavy atom. The molecule has 96 valence electrons. The largest absolute Gasteiger partial charge is 0.394 e. The summed E-state index contributed by atoms with van der Waals surface area (Å²) >= 11 is 2.02. The first kappa shape index (κ1) is 12.6. The van der Waals surface area contributed by atoms with E-state index < -0.39 is 0 Å². The number of hydrogen-bond donors (Lipinski definition) is 1. The van der Waals surface area contributed by atoms with Crippen LogP contribution in [0.25, 0.3) is 0 Å². The molecule has 2 rings (SSSR count). The lowest BCUT2D eigenvalue weighted by Gasteiger charge is -2.26. The first-order valence-corrected chi connectivity index (χ1v) is 7.42. The van der Waals surface area contributed by atoms with Gasteiger partial charge in [0.15, 0.2) is 0 Å². The van der Waals surface area contributed by atoms with E-state index in [1.807, 2.05) is 23.5 Å². The van der Waals surface area contributed by atoms with Crippen LogP contribution in [0.3, 0.4) is 0 Å². The maximum absolute atomic E-state index is 6.23. The summed E-state index contributed by atoms with van der Waals surface area (Å²) in [6.45, 7) is 2.16. The van der Waals surface area contributed by atoms with E-state index in [9.17, 15) is 0 Å². The Morgan fingerprint density at radius 3 is 2.94 bits per heavy atom. The van der Waals surface area contributed by atoms with Crippen molar-refractivity contribution in [3.63, 3.8) is 0 Å². The first-order chi connectivity index (χ1) is 8.15. The normalized spacial score (nSPS) is 19.8. The Bertz CT molecular complexity index is 382. The van der Waals surface area contributed by atoms with Gasteiger partial charge in [0.05, 0.1) is 11.4 Å². The minimum Gasteiger partial charge on any atom is -0.394 e. The van der Waals surface area contributed by atoms with E-state index in [1.54, 1.807) is 0 Å². The van der Waals surface area contributed by atoms with Crippen molar-refractivity contribution in [3.8, 4) is 0 Å². The highest BCUT2D eigenvalue weighted by atomic mass is 32.2. The zero-order valence-electron chi connectivity index (χ0n) is 10.9. The van der Waals surface area contributed by atoms with Crippen LogP contribution in [-0.4, -0.2) is 34.4 Å². The Kier molecular flexibility index (Phi) is 3.86. The molecular weight excluding hydrogens is 232 g/mol. The van der Waals surface area contributed by atoms with Crippen LogP contribution in [0.2, 0.25) is 0 Å². The van der Waals surface area contributed by atoms with Gasteiger partial charge in [0.1, 0.15) is 5.82 Å². The Balaban J connectivity index is 2.24. The highest BCUT2D eigenvalue weighted by molar-refractivity contribution is 7.99. The van der Waals surface area contributed by atoms with Crippen molar-refractivity contribution in [3.05, 3.63) is 5.69 Å². The van der Waals surface area contributed by atoms with E-state index in [2.05, 4.69) is 24.0 Å². The van der Waals surface area contributed by atoms with Gasteiger partial charge in [-0.3, -0.25) is 4.68 Å². The zero-order chi connectivity index (χ0) is 12.4. The molecule has 1 atom stereocenters. The van der Waals surface area contributed by atoms with E-state index in [1.165, 1.54) is 17.9 Å². The average Bonchev–Trinajstić information content (AvgIpc) is 2.89. The first-order valence-electron chi connectivity index (χ1n) is 6.27. The third-order valence-electron chi connectivity index (χ3n) is 3.40. The molecule has 1 aromatic rings. The van der Waals surface area contributed by atoms with Gasteiger partial charge in [-0.25, -0.2) is 0 Å². The van der Waals surface area contributed by atoms with Crippen molar-refractivity contribution >= 4 is 23.3 Å². The van der Waals surface area contributed by atoms with Gasteiger partial charge >= 0.3 is 0 Å². The molecule has 1 aliphatic heterocycles. The van der Waals surface area contributed by atoms with Crippen molar-refractivity contribution in [2.75, 3.05) is 29.2 Å². The molecule has 1 aliphatic rings. The standard InChI is InChI=1S/C12H22N4S/c1-4-5-10-11(13)12(16(3)14-10)15(2)9-6-7-17-8-9/h9H,4-8,13H2,1-3H3. The van der Waals surface area contributed by atoms with Gasteiger partial charge in [-0.05, 0) is 18.6 Å². The zero-order valence-corrected chi connectivity index (χ0v) is 11.8. The van der Waals surface area contributed by atoms with E-state index in [0.29, 0.717) is 6.04 Å². The second-order valence-corrected chi connectivity index (χ2v) is 5.84. The van der Waals surface area contributed by atoms with Crippen molar-refractivity contribution in [2.24, 2.45) is 7.05 Å². The van der Waals surface area contributed by atoms with Crippen molar-refractivity contribution in [1.29, 1.82) is 0 Å². The molecule has 0 spiro atoms. The van der Waals surface area contributed by atoms with Crippen molar-refractivity contribution in [1.82, 2.24) is 9.78 Å². The van der Waals surface area contributed by atoms with Crippen LogP contribution in [0.1, 0.15) is 25.5 Å². The van der Waals surface area contributed by atoms with Gasteiger partial charge < -0.3 is 10.6 Å². The minimum atomic E-state index is 0.604. The molecule has 5 heteroatoms. The Labute approximate surface area is 108 Å². The van der Waals surface area contributed by atoms with Gasteiger partial charge in [-0.1, -0.05) is 13.3 Å².